The Balaban J connectivity index is 3.22. The van der Waals surface area contributed by atoms with E-state index in [0.29, 0.717) is 5.92 Å². The van der Waals surface area contributed by atoms with Crippen LogP contribution < -0.4 is 10.6 Å². The molecule has 0 heterocycles. The predicted molar refractivity (Wildman–Crippen MR) is 58.3 cm³/mol. The van der Waals surface area contributed by atoms with Crippen molar-refractivity contribution in [1.82, 2.24) is 10.6 Å². The van der Waals surface area contributed by atoms with Gasteiger partial charge in [0.05, 0.1) is 0 Å². The van der Waals surface area contributed by atoms with Crippen LogP contribution in [0.15, 0.2) is 0 Å². The van der Waals surface area contributed by atoms with Crippen LogP contribution in [-0.4, -0.2) is 18.2 Å². The quantitative estimate of drug-likeness (QED) is 0.509. The van der Waals surface area contributed by atoms with E-state index in [1.165, 1.54) is 12.8 Å². The highest BCUT2D eigenvalue weighted by Gasteiger charge is 1.95. The van der Waals surface area contributed by atoms with Gasteiger partial charge in [0.1, 0.15) is 0 Å². The molecule has 0 atom stereocenters. The molecule has 0 saturated heterocycles. The second-order valence-corrected chi connectivity index (χ2v) is 3.79. The van der Waals surface area contributed by atoms with E-state index in [0.717, 1.165) is 18.2 Å². The van der Waals surface area contributed by atoms with E-state index in [1.54, 1.807) is 0 Å². The summed E-state index contributed by atoms with van der Waals surface area (Å²) < 4.78 is 0. The topological polar surface area (TPSA) is 24.1 Å². The van der Waals surface area contributed by atoms with Gasteiger partial charge in [-0.25, -0.2) is 0 Å². The Morgan fingerprint density at radius 1 is 1.33 bits per heavy atom. The fraction of sp³-hybridized carbons (Fsp3) is 0.889. The number of hydrogen-bond acceptors (Lipinski definition) is 1. The maximum atomic E-state index is 5.06. The third-order valence-electron chi connectivity index (χ3n) is 1.49. The van der Waals surface area contributed by atoms with Gasteiger partial charge in [0, 0.05) is 13.1 Å². The smallest absolute Gasteiger partial charge is 0.166 e. The minimum absolute atomic E-state index is 0.649. The molecular weight excluding hydrogens is 168 g/mol. The first-order valence-corrected chi connectivity index (χ1v) is 5.09. The molecule has 0 bridgehead atoms. The molecule has 0 aliphatic carbocycles. The summed E-state index contributed by atoms with van der Waals surface area (Å²) in [7, 11) is 0. The van der Waals surface area contributed by atoms with Crippen molar-refractivity contribution in [2.45, 2.75) is 33.6 Å². The zero-order valence-corrected chi connectivity index (χ0v) is 9.13. The first-order chi connectivity index (χ1) is 5.66. The fourth-order valence-electron chi connectivity index (χ4n) is 0.738. The molecule has 3 heteroatoms. The predicted octanol–water partition coefficient (Wildman–Crippen LogP) is 1.91. The summed E-state index contributed by atoms with van der Waals surface area (Å²) in [6, 6.07) is 0. The molecule has 0 saturated carbocycles. The molecule has 0 aliphatic rings. The number of rotatable bonds is 5. The Labute approximate surface area is 81.1 Å². The summed E-state index contributed by atoms with van der Waals surface area (Å²) in [5.41, 5.74) is 0. The van der Waals surface area contributed by atoms with Crippen LogP contribution in [0.2, 0.25) is 0 Å². The SMILES string of the molecule is CCCCNC(=S)NCC(C)C. The van der Waals surface area contributed by atoms with Gasteiger partial charge in [-0.3, -0.25) is 0 Å². The molecule has 0 unspecified atom stereocenters. The minimum Gasteiger partial charge on any atom is -0.363 e. The van der Waals surface area contributed by atoms with Crippen molar-refractivity contribution in [3.8, 4) is 0 Å². The van der Waals surface area contributed by atoms with E-state index >= 15 is 0 Å². The van der Waals surface area contributed by atoms with Crippen LogP contribution in [0.4, 0.5) is 0 Å². The lowest BCUT2D eigenvalue weighted by Gasteiger charge is -2.11. The van der Waals surface area contributed by atoms with Crippen molar-refractivity contribution in [3.05, 3.63) is 0 Å². The molecule has 2 N–H and O–H groups in total. The molecule has 0 fully saturated rings. The average Bonchev–Trinajstić information content (AvgIpc) is 2.01. The van der Waals surface area contributed by atoms with Crippen LogP contribution in [0.5, 0.6) is 0 Å². The summed E-state index contributed by atoms with van der Waals surface area (Å²) in [6.07, 6.45) is 2.39. The number of nitrogens with one attached hydrogen (secondary N) is 2. The van der Waals surface area contributed by atoms with Gasteiger partial charge in [-0.2, -0.15) is 0 Å². The second-order valence-electron chi connectivity index (χ2n) is 3.38. The molecule has 0 rings (SSSR count). The van der Waals surface area contributed by atoms with E-state index in [-0.39, 0.29) is 0 Å². The number of unbranched alkanes of at least 4 members (excludes halogenated alkanes) is 1. The van der Waals surface area contributed by atoms with Crippen LogP contribution >= 0.6 is 12.2 Å². The lowest BCUT2D eigenvalue weighted by atomic mass is 10.2. The van der Waals surface area contributed by atoms with E-state index in [9.17, 15) is 0 Å². The van der Waals surface area contributed by atoms with Crippen molar-refractivity contribution in [3.63, 3.8) is 0 Å². The van der Waals surface area contributed by atoms with Gasteiger partial charge in [-0.1, -0.05) is 27.2 Å². The maximum Gasteiger partial charge on any atom is 0.166 e. The van der Waals surface area contributed by atoms with Crippen LogP contribution in [0.3, 0.4) is 0 Å². The highest BCUT2D eigenvalue weighted by Crippen LogP contribution is 1.87. The number of hydrogen-bond donors (Lipinski definition) is 2. The monoisotopic (exact) mass is 188 g/mol. The highest BCUT2D eigenvalue weighted by molar-refractivity contribution is 7.80. The molecule has 0 amide bonds. The van der Waals surface area contributed by atoms with Gasteiger partial charge < -0.3 is 10.6 Å². The minimum atomic E-state index is 0.649. The normalized spacial score (nSPS) is 10.0. The summed E-state index contributed by atoms with van der Waals surface area (Å²) in [6.45, 7) is 8.45. The van der Waals surface area contributed by atoms with Gasteiger partial charge in [-0.05, 0) is 24.6 Å². The lowest BCUT2D eigenvalue weighted by Crippen LogP contribution is -2.37. The van der Waals surface area contributed by atoms with Crippen molar-refractivity contribution >= 4 is 17.3 Å². The molecule has 0 radical (unpaired) electrons. The third kappa shape index (κ3) is 7.79. The van der Waals surface area contributed by atoms with E-state index in [4.69, 9.17) is 12.2 Å². The van der Waals surface area contributed by atoms with E-state index in [1.807, 2.05) is 0 Å². The highest BCUT2D eigenvalue weighted by atomic mass is 32.1. The van der Waals surface area contributed by atoms with Crippen LogP contribution in [0.25, 0.3) is 0 Å². The van der Waals surface area contributed by atoms with E-state index in [2.05, 4.69) is 31.4 Å². The molecule has 0 aliphatic heterocycles. The maximum absolute atomic E-state index is 5.06. The number of thiocarbonyl (C=S) groups is 1. The second kappa shape index (κ2) is 7.35. The lowest BCUT2D eigenvalue weighted by molar-refractivity contribution is 0.617. The first kappa shape index (κ1) is 11.7. The molecule has 2 nitrogen and oxygen atoms in total. The Morgan fingerprint density at radius 3 is 2.50 bits per heavy atom. The zero-order chi connectivity index (χ0) is 9.40. The van der Waals surface area contributed by atoms with Gasteiger partial charge in [-0.15, -0.1) is 0 Å². The van der Waals surface area contributed by atoms with Crippen molar-refractivity contribution in [1.29, 1.82) is 0 Å². The fourth-order valence-corrected chi connectivity index (χ4v) is 0.923. The van der Waals surface area contributed by atoms with Crippen LogP contribution in [-0.2, 0) is 0 Å². The molecule has 0 spiro atoms. The van der Waals surface area contributed by atoms with Crippen molar-refractivity contribution < 1.29 is 0 Å². The molecular formula is C9H20N2S. The molecule has 12 heavy (non-hydrogen) atoms. The molecule has 0 aromatic carbocycles. The Hall–Kier alpha value is -0.310. The molecule has 72 valence electrons. The summed E-state index contributed by atoms with van der Waals surface area (Å²) in [4.78, 5) is 0. The van der Waals surface area contributed by atoms with Gasteiger partial charge in [0.15, 0.2) is 5.11 Å². The summed E-state index contributed by atoms with van der Waals surface area (Å²) in [5.74, 6) is 0.649. The molecule has 0 aromatic rings. The van der Waals surface area contributed by atoms with Crippen LogP contribution in [0.1, 0.15) is 33.6 Å². The van der Waals surface area contributed by atoms with Crippen molar-refractivity contribution in [2.24, 2.45) is 5.92 Å². The summed E-state index contributed by atoms with van der Waals surface area (Å²) >= 11 is 5.06. The van der Waals surface area contributed by atoms with E-state index < -0.39 is 0 Å². The molecule has 0 aromatic heterocycles. The van der Waals surface area contributed by atoms with Crippen LogP contribution in [0, 0.1) is 5.92 Å². The largest absolute Gasteiger partial charge is 0.363 e. The third-order valence-corrected chi connectivity index (χ3v) is 1.78. The Kier molecular flexibility index (Phi) is 7.16. The zero-order valence-electron chi connectivity index (χ0n) is 8.31. The van der Waals surface area contributed by atoms with Gasteiger partial charge in [0.25, 0.3) is 0 Å². The Bertz CT molecular complexity index is 124. The Morgan fingerprint density at radius 2 is 2.00 bits per heavy atom. The van der Waals surface area contributed by atoms with Crippen molar-refractivity contribution in [2.75, 3.05) is 13.1 Å². The average molecular weight is 188 g/mol. The summed E-state index contributed by atoms with van der Waals surface area (Å²) in [5, 5.41) is 7.11. The van der Waals surface area contributed by atoms with Gasteiger partial charge >= 0.3 is 0 Å². The first-order valence-electron chi connectivity index (χ1n) is 4.68. The van der Waals surface area contributed by atoms with Gasteiger partial charge in [0.2, 0.25) is 0 Å². The standard InChI is InChI=1S/C9H20N2S/c1-4-5-6-10-9(12)11-7-8(2)3/h8H,4-7H2,1-3H3,(H2,10,11,12).